The van der Waals surface area contributed by atoms with Crippen LogP contribution in [0.25, 0.3) is 0 Å². The van der Waals surface area contributed by atoms with E-state index in [2.05, 4.69) is 5.18 Å². The molecule has 2 aromatic carbocycles. The SMILES string of the molecule is O=NC(c1ccc(OCCCOc2ccc(C(=O)C(F)(F)F)cc2)cc1)C(F)(F)F. The summed E-state index contributed by atoms with van der Waals surface area (Å²) in [5, 5.41) is 2.09. The molecule has 1 unspecified atom stereocenters. The number of hydrogen-bond donors (Lipinski definition) is 0. The van der Waals surface area contributed by atoms with E-state index in [-0.39, 0.29) is 30.3 Å². The first-order valence-corrected chi connectivity index (χ1v) is 8.48. The summed E-state index contributed by atoms with van der Waals surface area (Å²) in [4.78, 5) is 21.5. The van der Waals surface area contributed by atoms with E-state index in [1.54, 1.807) is 0 Å². The van der Waals surface area contributed by atoms with Crippen LogP contribution in [0.4, 0.5) is 26.3 Å². The van der Waals surface area contributed by atoms with Gasteiger partial charge in [-0.15, -0.1) is 4.91 Å². The number of hydrogen-bond acceptors (Lipinski definition) is 5. The third-order valence-electron chi connectivity index (χ3n) is 3.81. The Labute approximate surface area is 166 Å². The number of Topliss-reactive ketones (excluding diaryl/α,β-unsaturated/α-hetero) is 1. The fraction of sp³-hybridized carbons (Fsp3) is 0.316. The molecular weight excluding hydrogens is 420 g/mol. The van der Waals surface area contributed by atoms with E-state index in [0.29, 0.717) is 6.42 Å². The highest BCUT2D eigenvalue weighted by Crippen LogP contribution is 2.36. The quantitative estimate of drug-likeness (QED) is 0.221. The van der Waals surface area contributed by atoms with E-state index in [9.17, 15) is 36.0 Å². The lowest BCUT2D eigenvalue weighted by Crippen LogP contribution is -2.22. The monoisotopic (exact) mass is 435 g/mol. The third kappa shape index (κ3) is 6.46. The van der Waals surface area contributed by atoms with Crippen molar-refractivity contribution < 1.29 is 40.6 Å². The molecule has 11 heteroatoms. The summed E-state index contributed by atoms with van der Waals surface area (Å²) < 4.78 is 85.6. The van der Waals surface area contributed by atoms with Crippen molar-refractivity contribution in [2.75, 3.05) is 13.2 Å². The maximum absolute atomic E-state index is 12.6. The van der Waals surface area contributed by atoms with E-state index in [4.69, 9.17) is 9.47 Å². The molecule has 0 aromatic heterocycles. The van der Waals surface area contributed by atoms with Crippen molar-refractivity contribution in [3.8, 4) is 11.5 Å². The molecule has 0 spiro atoms. The van der Waals surface area contributed by atoms with Crippen molar-refractivity contribution in [2.45, 2.75) is 24.8 Å². The minimum Gasteiger partial charge on any atom is -0.493 e. The molecule has 162 valence electrons. The van der Waals surface area contributed by atoms with Crippen molar-refractivity contribution in [3.05, 3.63) is 64.6 Å². The van der Waals surface area contributed by atoms with Gasteiger partial charge in [0.2, 0.25) is 6.04 Å². The van der Waals surface area contributed by atoms with Crippen molar-refractivity contribution in [3.63, 3.8) is 0 Å². The summed E-state index contributed by atoms with van der Waals surface area (Å²) in [6.07, 6.45) is -9.36. The Morgan fingerprint density at radius 3 is 1.70 bits per heavy atom. The molecule has 30 heavy (non-hydrogen) atoms. The zero-order valence-corrected chi connectivity index (χ0v) is 15.2. The number of nitroso groups, excluding NO2 is 1. The summed E-state index contributed by atoms with van der Waals surface area (Å²) in [7, 11) is 0. The molecule has 2 rings (SSSR count). The highest BCUT2D eigenvalue weighted by molar-refractivity contribution is 6.00. The molecular formula is C19H15F6NO4. The highest BCUT2D eigenvalue weighted by Gasteiger charge is 2.42. The number of carbonyl (C=O) groups excluding carboxylic acids is 1. The van der Waals surface area contributed by atoms with Gasteiger partial charge in [-0.05, 0) is 42.0 Å². The Balaban J connectivity index is 1.77. The predicted molar refractivity (Wildman–Crippen MR) is 93.5 cm³/mol. The van der Waals surface area contributed by atoms with E-state index in [1.807, 2.05) is 0 Å². The predicted octanol–water partition coefficient (Wildman–Crippen LogP) is 5.65. The number of benzene rings is 2. The van der Waals surface area contributed by atoms with E-state index in [0.717, 1.165) is 24.3 Å². The second-order valence-electron chi connectivity index (χ2n) is 6.02. The second-order valence-corrected chi connectivity index (χ2v) is 6.02. The Kier molecular flexibility index (Phi) is 7.41. The lowest BCUT2D eigenvalue weighted by Gasteiger charge is -2.14. The number of rotatable bonds is 9. The average molecular weight is 435 g/mol. The van der Waals surface area contributed by atoms with Crippen molar-refractivity contribution in [1.82, 2.24) is 0 Å². The van der Waals surface area contributed by atoms with Gasteiger partial charge >= 0.3 is 12.4 Å². The van der Waals surface area contributed by atoms with Gasteiger partial charge in [0.25, 0.3) is 5.78 Å². The van der Waals surface area contributed by atoms with Crippen LogP contribution in [-0.4, -0.2) is 31.3 Å². The molecule has 0 aliphatic rings. The largest absolute Gasteiger partial charge is 0.493 e. The van der Waals surface area contributed by atoms with Gasteiger partial charge < -0.3 is 9.47 Å². The van der Waals surface area contributed by atoms with Gasteiger partial charge in [-0.25, -0.2) is 0 Å². The van der Waals surface area contributed by atoms with Crippen molar-refractivity contribution in [1.29, 1.82) is 0 Å². The molecule has 0 fully saturated rings. The lowest BCUT2D eigenvalue weighted by atomic mass is 10.1. The molecule has 0 saturated heterocycles. The first-order valence-electron chi connectivity index (χ1n) is 8.48. The molecule has 0 amide bonds. The molecule has 1 atom stereocenters. The number of nitrogens with zero attached hydrogens (tertiary/aromatic N) is 1. The van der Waals surface area contributed by atoms with Gasteiger partial charge in [-0.2, -0.15) is 26.3 Å². The maximum Gasteiger partial charge on any atom is 0.454 e. The van der Waals surface area contributed by atoms with Crippen LogP contribution in [0.1, 0.15) is 28.4 Å². The zero-order chi connectivity index (χ0) is 22.4. The minimum absolute atomic E-state index is 0.149. The summed E-state index contributed by atoms with van der Waals surface area (Å²) >= 11 is 0. The standard InChI is InChI=1S/C19H15F6NO4/c20-18(21,22)16(26-28)12-2-6-14(7-3-12)29-10-1-11-30-15-8-4-13(5-9-15)17(27)19(23,24)25/h2-9,16H,1,10-11H2. The maximum atomic E-state index is 12.6. The van der Waals surface area contributed by atoms with Gasteiger partial charge in [0.15, 0.2) is 0 Å². The molecule has 0 saturated carbocycles. The van der Waals surface area contributed by atoms with Crippen LogP contribution >= 0.6 is 0 Å². The minimum atomic E-state index is -4.95. The van der Waals surface area contributed by atoms with Crippen molar-refractivity contribution >= 4 is 5.78 Å². The van der Waals surface area contributed by atoms with Gasteiger partial charge in [-0.1, -0.05) is 17.3 Å². The summed E-state index contributed by atoms with van der Waals surface area (Å²) in [5.74, 6) is -1.41. The van der Waals surface area contributed by atoms with Gasteiger partial charge in [-0.3, -0.25) is 4.79 Å². The second kappa shape index (κ2) is 9.59. The first kappa shape index (κ1) is 23.2. The van der Waals surface area contributed by atoms with Crippen LogP contribution in [0.2, 0.25) is 0 Å². The van der Waals surface area contributed by atoms with Crippen LogP contribution in [0.5, 0.6) is 11.5 Å². The molecule has 0 aliphatic carbocycles. The Hall–Kier alpha value is -3.11. The Bertz CT molecular complexity index is 847. The summed E-state index contributed by atoms with van der Waals surface area (Å²) in [5.41, 5.74) is -0.806. The fourth-order valence-corrected chi connectivity index (χ4v) is 2.36. The molecule has 2 aromatic rings. The number of halogens is 6. The lowest BCUT2D eigenvalue weighted by molar-refractivity contribution is -0.148. The zero-order valence-electron chi connectivity index (χ0n) is 15.2. The van der Waals surface area contributed by atoms with E-state index >= 15 is 0 Å². The van der Waals surface area contributed by atoms with Crippen LogP contribution in [0.15, 0.2) is 53.7 Å². The number of ketones is 1. The average Bonchev–Trinajstić information content (AvgIpc) is 2.67. The number of carbonyl (C=O) groups is 1. The van der Waals surface area contributed by atoms with Crippen LogP contribution in [-0.2, 0) is 0 Å². The molecule has 0 radical (unpaired) electrons. The van der Waals surface area contributed by atoms with Crippen LogP contribution in [0, 0.1) is 4.91 Å². The molecule has 5 nitrogen and oxygen atoms in total. The van der Waals surface area contributed by atoms with Crippen LogP contribution < -0.4 is 9.47 Å². The van der Waals surface area contributed by atoms with E-state index in [1.165, 1.54) is 24.3 Å². The van der Waals surface area contributed by atoms with Crippen LogP contribution in [0.3, 0.4) is 0 Å². The fourth-order valence-electron chi connectivity index (χ4n) is 2.36. The molecule has 0 aliphatic heterocycles. The van der Waals surface area contributed by atoms with Crippen molar-refractivity contribution in [2.24, 2.45) is 5.18 Å². The highest BCUT2D eigenvalue weighted by atomic mass is 19.4. The normalized spacial score (nSPS) is 12.9. The molecule has 0 bridgehead atoms. The first-order chi connectivity index (χ1) is 14.0. The number of alkyl halides is 6. The third-order valence-corrected chi connectivity index (χ3v) is 3.81. The molecule has 0 N–H and O–H groups in total. The summed E-state index contributed by atoms with van der Waals surface area (Å²) in [6.45, 7) is 0.300. The summed E-state index contributed by atoms with van der Waals surface area (Å²) in [6, 6.07) is 6.76. The molecule has 0 heterocycles. The van der Waals surface area contributed by atoms with Gasteiger partial charge in [0.05, 0.1) is 13.2 Å². The topological polar surface area (TPSA) is 65.0 Å². The Morgan fingerprint density at radius 1 is 0.833 bits per heavy atom. The van der Waals surface area contributed by atoms with Gasteiger partial charge in [0.1, 0.15) is 11.5 Å². The smallest absolute Gasteiger partial charge is 0.454 e. The number of ether oxygens (including phenoxy) is 2. The van der Waals surface area contributed by atoms with Gasteiger partial charge in [0, 0.05) is 12.0 Å². The Morgan fingerprint density at radius 2 is 1.30 bits per heavy atom. The van der Waals surface area contributed by atoms with E-state index < -0.39 is 29.7 Å².